The molecule has 1 aromatic carbocycles. The highest BCUT2D eigenvalue weighted by atomic mass is 16.5. The lowest BCUT2D eigenvalue weighted by Crippen LogP contribution is -2.37. The zero-order chi connectivity index (χ0) is 20.5. The van der Waals surface area contributed by atoms with Crippen LogP contribution in [0.3, 0.4) is 0 Å². The lowest BCUT2D eigenvalue weighted by molar-refractivity contribution is 0.0710. The largest absolute Gasteiger partial charge is 0.497 e. The maximum Gasteiger partial charge on any atom is 0.257 e. The van der Waals surface area contributed by atoms with Gasteiger partial charge >= 0.3 is 0 Å². The Morgan fingerprint density at radius 3 is 2.77 bits per heavy atom. The number of furan rings is 1. The Kier molecular flexibility index (Phi) is 4.71. The summed E-state index contributed by atoms with van der Waals surface area (Å²) in [5.74, 6) is 1.93. The summed E-state index contributed by atoms with van der Waals surface area (Å²) in [4.78, 5) is 19.1. The van der Waals surface area contributed by atoms with Gasteiger partial charge in [0.05, 0.1) is 18.9 Å². The van der Waals surface area contributed by atoms with Gasteiger partial charge in [-0.1, -0.05) is 12.1 Å². The maximum atomic E-state index is 12.5. The van der Waals surface area contributed by atoms with E-state index in [0.717, 1.165) is 41.2 Å². The van der Waals surface area contributed by atoms with Crippen molar-refractivity contribution in [2.75, 3.05) is 20.2 Å². The molecule has 0 radical (unpaired) electrons. The van der Waals surface area contributed by atoms with Crippen molar-refractivity contribution in [2.24, 2.45) is 0 Å². The van der Waals surface area contributed by atoms with Gasteiger partial charge in [0.25, 0.3) is 5.91 Å². The Bertz CT molecular complexity index is 1170. The van der Waals surface area contributed by atoms with Crippen LogP contribution in [0, 0.1) is 0 Å². The third kappa shape index (κ3) is 3.43. The molecule has 0 bridgehead atoms. The Morgan fingerprint density at radius 2 is 2.00 bits per heavy atom. The molecule has 7 nitrogen and oxygen atoms in total. The molecule has 0 aliphatic carbocycles. The number of pyridine rings is 1. The van der Waals surface area contributed by atoms with Crippen LogP contribution in [0.1, 0.15) is 34.9 Å². The molecule has 5 rings (SSSR count). The molecule has 0 spiro atoms. The normalized spacial score (nSPS) is 14.9. The second-order valence-corrected chi connectivity index (χ2v) is 7.50. The van der Waals surface area contributed by atoms with Gasteiger partial charge < -0.3 is 14.1 Å². The Balaban J connectivity index is 1.33. The zero-order valence-electron chi connectivity index (χ0n) is 16.7. The summed E-state index contributed by atoms with van der Waals surface area (Å²) >= 11 is 0. The van der Waals surface area contributed by atoms with E-state index in [2.05, 4.69) is 6.07 Å². The fourth-order valence-corrected chi connectivity index (χ4v) is 3.96. The first-order chi connectivity index (χ1) is 14.7. The Hall–Kier alpha value is -3.61. The summed E-state index contributed by atoms with van der Waals surface area (Å²) in [5, 5.41) is 4.74. The second-order valence-electron chi connectivity index (χ2n) is 7.50. The molecule has 0 unspecified atom stereocenters. The molecule has 1 amide bonds. The zero-order valence-corrected chi connectivity index (χ0v) is 16.7. The van der Waals surface area contributed by atoms with E-state index in [1.54, 1.807) is 13.2 Å². The summed E-state index contributed by atoms with van der Waals surface area (Å²) in [6.45, 7) is 1.39. The highest BCUT2D eigenvalue weighted by Crippen LogP contribution is 2.28. The number of methoxy groups -OCH3 is 1. The number of hydrogen-bond acceptors (Lipinski definition) is 5. The number of fused-ring (bicyclic) bond motifs is 1. The van der Waals surface area contributed by atoms with Crippen LogP contribution < -0.4 is 4.74 Å². The van der Waals surface area contributed by atoms with Gasteiger partial charge in [-0.05, 0) is 48.7 Å². The quantitative estimate of drug-likeness (QED) is 0.516. The van der Waals surface area contributed by atoms with E-state index in [1.165, 1.54) is 12.5 Å². The van der Waals surface area contributed by atoms with Crippen molar-refractivity contribution >= 4 is 11.6 Å². The number of aromatic nitrogens is 3. The third-order valence-corrected chi connectivity index (χ3v) is 5.67. The third-order valence-electron chi connectivity index (χ3n) is 5.67. The minimum atomic E-state index is 0.0214. The van der Waals surface area contributed by atoms with Crippen LogP contribution in [0.5, 0.6) is 5.75 Å². The molecule has 1 saturated heterocycles. The molecule has 4 aromatic rings. The molecular formula is C23H22N4O3. The van der Waals surface area contributed by atoms with Crippen LogP contribution in [-0.2, 0) is 0 Å². The molecule has 0 atom stereocenters. The van der Waals surface area contributed by atoms with E-state index < -0.39 is 0 Å². The van der Waals surface area contributed by atoms with Crippen molar-refractivity contribution in [1.29, 1.82) is 0 Å². The molecule has 152 valence electrons. The van der Waals surface area contributed by atoms with Crippen molar-refractivity contribution in [3.8, 4) is 16.9 Å². The van der Waals surface area contributed by atoms with Gasteiger partial charge in [0.15, 0.2) is 11.5 Å². The van der Waals surface area contributed by atoms with Crippen molar-refractivity contribution in [3.63, 3.8) is 0 Å². The minimum Gasteiger partial charge on any atom is -0.497 e. The second kappa shape index (κ2) is 7.67. The van der Waals surface area contributed by atoms with E-state index in [9.17, 15) is 4.79 Å². The number of benzene rings is 1. The topological polar surface area (TPSA) is 72.9 Å². The maximum absolute atomic E-state index is 12.5. The lowest BCUT2D eigenvalue weighted by atomic mass is 9.96. The van der Waals surface area contributed by atoms with Gasteiger partial charge in [-0.25, -0.2) is 9.50 Å². The van der Waals surface area contributed by atoms with Crippen LogP contribution in [0.15, 0.2) is 65.6 Å². The lowest BCUT2D eigenvalue weighted by Gasteiger charge is -2.30. The molecule has 0 saturated carbocycles. The number of likely N-dealkylation sites (tertiary alicyclic amines) is 1. The highest BCUT2D eigenvalue weighted by molar-refractivity contribution is 5.93. The first kappa shape index (κ1) is 18.4. The molecule has 4 heterocycles. The van der Waals surface area contributed by atoms with Crippen molar-refractivity contribution in [3.05, 3.63) is 72.6 Å². The van der Waals surface area contributed by atoms with Crippen LogP contribution in [-0.4, -0.2) is 45.6 Å². The number of carbonyl (C=O) groups is 1. The summed E-state index contributed by atoms with van der Waals surface area (Å²) in [7, 11) is 1.67. The van der Waals surface area contributed by atoms with E-state index in [4.69, 9.17) is 19.2 Å². The van der Waals surface area contributed by atoms with Gasteiger partial charge in [-0.3, -0.25) is 4.79 Å². The van der Waals surface area contributed by atoms with Crippen LogP contribution in [0.2, 0.25) is 0 Å². The predicted molar refractivity (Wildman–Crippen MR) is 112 cm³/mol. The highest BCUT2D eigenvalue weighted by Gasteiger charge is 2.27. The fourth-order valence-electron chi connectivity index (χ4n) is 3.96. The SMILES string of the molecule is COc1cccc(-c2ccc3nc(C4CCN(C(=O)c5ccoc5)CC4)nn3c2)c1. The van der Waals surface area contributed by atoms with Crippen LogP contribution in [0.25, 0.3) is 16.8 Å². The average molecular weight is 402 g/mol. The molecule has 0 N–H and O–H groups in total. The van der Waals surface area contributed by atoms with Crippen molar-refractivity contribution < 1.29 is 13.9 Å². The van der Waals surface area contributed by atoms with E-state index in [0.29, 0.717) is 18.7 Å². The standard InChI is InChI=1S/C23H22N4O3/c1-29-20-4-2-3-17(13-20)18-5-6-21-24-22(25-27(21)14-18)16-7-10-26(11-8-16)23(28)19-9-12-30-15-19/h2-6,9,12-16H,7-8,10-11H2,1H3. The minimum absolute atomic E-state index is 0.0214. The molecule has 1 fully saturated rings. The molecule has 30 heavy (non-hydrogen) atoms. The monoisotopic (exact) mass is 402 g/mol. The van der Waals surface area contributed by atoms with Gasteiger partial charge in [-0.2, -0.15) is 5.10 Å². The Morgan fingerprint density at radius 1 is 1.13 bits per heavy atom. The summed E-state index contributed by atoms with van der Waals surface area (Å²) in [6.07, 6.45) is 6.73. The number of carbonyl (C=O) groups excluding carboxylic acids is 1. The van der Waals surface area contributed by atoms with Gasteiger partial charge in [0, 0.05) is 30.8 Å². The smallest absolute Gasteiger partial charge is 0.257 e. The van der Waals surface area contributed by atoms with E-state index in [-0.39, 0.29) is 11.8 Å². The summed E-state index contributed by atoms with van der Waals surface area (Å²) in [6, 6.07) is 13.7. The molecule has 7 heteroatoms. The fraction of sp³-hybridized carbons (Fsp3) is 0.261. The number of rotatable bonds is 4. The van der Waals surface area contributed by atoms with Crippen LogP contribution >= 0.6 is 0 Å². The molecule has 3 aromatic heterocycles. The molecular weight excluding hydrogens is 380 g/mol. The van der Waals surface area contributed by atoms with E-state index in [1.807, 2.05) is 45.9 Å². The summed E-state index contributed by atoms with van der Waals surface area (Å²) in [5.41, 5.74) is 3.55. The summed E-state index contributed by atoms with van der Waals surface area (Å²) < 4.78 is 12.2. The van der Waals surface area contributed by atoms with E-state index >= 15 is 0 Å². The van der Waals surface area contributed by atoms with Crippen molar-refractivity contribution in [2.45, 2.75) is 18.8 Å². The Labute approximate surface area is 173 Å². The van der Waals surface area contributed by atoms with Crippen LogP contribution in [0.4, 0.5) is 0 Å². The number of hydrogen-bond donors (Lipinski definition) is 0. The van der Waals surface area contributed by atoms with Gasteiger partial charge in [0.2, 0.25) is 0 Å². The first-order valence-electron chi connectivity index (χ1n) is 10.0. The van der Waals surface area contributed by atoms with Crippen molar-refractivity contribution in [1.82, 2.24) is 19.5 Å². The first-order valence-corrected chi connectivity index (χ1v) is 10.0. The predicted octanol–water partition coefficient (Wildman–Crippen LogP) is 4.02. The number of nitrogens with zero attached hydrogens (tertiary/aromatic N) is 4. The number of ether oxygens (including phenoxy) is 1. The van der Waals surface area contributed by atoms with Gasteiger partial charge in [-0.15, -0.1) is 0 Å². The average Bonchev–Trinajstić information content (AvgIpc) is 3.48. The number of amides is 1. The van der Waals surface area contributed by atoms with Gasteiger partial charge in [0.1, 0.15) is 12.0 Å². The number of piperidine rings is 1. The molecule has 1 aliphatic heterocycles. The molecule has 1 aliphatic rings.